The van der Waals surface area contributed by atoms with Crippen molar-refractivity contribution in [3.63, 3.8) is 0 Å². The van der Waals surface area contributed by atoms with E-state index in [1.165, 1.54) is 0 Å². The first-order valence-electron chi connectivity index (χ1n) is 7.15. The first kappa shape index (κ1) is 14.8. The summed E-state index contributed by atoms with van der Waals surface area (Å²) in [6.45, 7) is 0.166. The van der Waals surface area contributed by atoms with Gasteiger partial charge in [0.15, 0.2) is 11.5 Å². The first-order valence-corrected chi connectivity index (χ1v) is 7.94. The second-order valence-electron chi connectivity index (χ2n) is 5.19. The molecule has 120 valence electrons. The fourth-order valence-corrected chi connectivity index (χ4v) is 2.98. The van der Waals surface area contributed by atoms with Crippen LogP contribution in [0, 0.1) is 0 Å². The third-order valence-electron chi connectivity index (χ3n) is 3.68. The van der Waals surface area contributed by atoms with E-state index in [0.29, 0.717) is 22.7 Å². The largest absolute Gasteiger partial charge is 0.454 e. The van der Waals surface area contributed by atoms with Crippen LogP contribution in [0.3, 0.4) is 0 Å². The number of benzene rings is 2. The molecule has 0 radical (unpaired) electrons. The van der Waals surface area contributed by atoms with E-state index in [0.717, 1.165) is 9.37 Å². The van der Waals surface area contributed by atoms with Gasteiger partial charge in [-0.25, -0.2) is 9.69 Å². The molecule has 1 N–H and O–H groups in total. The van der Waals surface area contributed by atoms with Crippen molar-refractivity contribution in [1.29, 1.82) is 0 Å². The van der Waals surface area contributed by atoms with Gasteiger partial charge in [0.05, 0.1) is 5.69 Å². The number of fused-ring (bicyclic) bond motifs is 1. The Kier molecular flexibility index (Phi) is 3.50. The number of amides is 3. The fourth-order valence-electron chi connectivity index (χ4n) is 2.55. The Balaban J connectivity index is 1.70. The second-order valence-corrected chi connectivity index (χ2v) is 6.05. The zero-order valence-corrected chi connectivity index (χ0v) is 13.9. The van der Waals surface area contributed by atoms with Crippen molar-refractivity contribution in [1.82, 2.24) is 5.32 Å². The number of urea groups is 1. The van der Waals surface area contributed by atoms with Crippen LogP contribution in [0.4, 0.5) is 10.5 Å². The van der Waals surface area contributed by atoms with Crippen LogP contribution in [0.2, 0.25) is 0 Å². The Labute approximate surface area is 145 Å². The highest BCUT2D eigenvalue weighted by molar-refractivity contribution is 9.10. The van der Waals surface area contributed by atoms with Gasteiger partial charge in [0.25, 0.3) is 5.91 Å². The van der Waals surface area contributed by atoms with Crippen LogP contribution in [-0.4, -0.2) is 18.7 Å². The molecule has 1 fully saturated rings. The minimum atomic E-state index is -0.477. The lowest BCUT2D eigenvalue weighted by atomic mass is 10.1. The van der Waals surface area contributed by atoms with Crippen molar-refractivity contribution in [3.8, 4) is 11.5 Å². The molecule has 2 aliphatic rings. The molecule has 24 heavy (non-hydrogen) atoms. The van der Waals surface area contributed by atoms with Crippen LogP contribution >= 0.6 is 15.9 Å². The molecule has 0 atom stereocenters. The third kappa shape index (κ3) is 2.43. The number of halogens is 1. The monoisotopic (exact) mass is 386 g/mol. The highest BCUT2D eigenvalue weighted by atomic mass is 79.9. The van der Waals surface area contributed by atoms with Gasteiger partial charge in [-0.2, -0.15) is 0 Å². The maximum absolute atomic E-state index is 12.6. The molecule has 4 rings (SSSR count). The van der Waals surface area contributed by atoms with E-state index in [1.54, 1.807) is 42.5 Å². The number of rotatable bonds is 2. The van der Waals surface area contributed by atoms with Crippen LogP contribution < -0.4 is 19.7 Å². The van der Waals surface area contributed by atoms with Gasteiger partial charge in [0.2, 0.25) is 6.79 Å². The van der Waals surface area contributed by atoms with Gasteiger partial charge >= 0.3 is 6.03 Å². The third-order valence-corrected chi connectivity index (χ3v) is 4.37. The molecular formula is C17H11BrN2O4. The average molecular weight is 387 g/mol. The van der Waals surface area contributed by atoms with Gasteiger partial charge in [-0.05, 0) is 35.9 Å². The van der Waals surface area contributed by atoms with E-state index in [4.69, 9.17) is 9.47 Å². The van der Waals surface area contributed by atoms with E-state index >= 15 is 0 Å². The van der Waals surface area contributed by atoms with Crippen molar-refractivity contribution in [2.45, 2.75) is 0 Å². The van der Waals surface area contributed by atoms with E-state index < -0.39 is 11.9 Å². The van der Waals surface area contributed by atoms with Crippen molar-refractivity contribution in [3.05, 3.63) is 58.2 Å². The molecule has 7 heteroatoms. The predicted molar refractivity (Wildman–Crippen MR) is 90.7 cm³/mol. The Bertz CT molecular complexity index is 880. The number of para-hydroxylation sites is 1. The molecule has 0 bridgehead atoms. The van der Waals surface area contributed by atoms with Crippen LogP contribution in [0.5, 0.6) is 11.5 Å². The lowest BCUT2D eigenvalue weighted by molar-refractivity contribution is -0.113. The van der Waals surface area contributed by atoms with Gasteiger partial charge in [-0.1, -0.05) is 34.1 Å². The van der Waals surface area contributed by atoms with Crippen molar-refractivity contribution >= 4 is 39.6 Å². The summed E-state index contributed by atoms with van der Waals surface area (Å²) in [7, 11) is 0. The SMILES string of the molecule is O=C1NC(=Cc2cc3c(cc2Br)OCO3)C(=O)N1c1ccccc1. The van der Waals surface area contributed by atoms with Gasteiger partial charge in [0, 0.05) is 4.47 Å². The fraction of sp³-hybridized carbons (Fsp3) is 0.0588. The van der Waals surface area contributed by atoms with E-state index in [2.05, 4.69) is 21.2 Å². The van der Waals surface area contributed by atoms with E-state index in [1.807, 2.05) is 6.07 Å². The van der Waals surface area contributed by atoms with Gasteiger partial charge in [-0.15, -0.1) is 0 Å². The Hall–Kier alpha value is -2.80. The highest BCUT2D eigenvalue weighted by Crippen LogP contribution is 2.38. The maximum atomic E-state index is 12.6. The number of carbonyl (C=O) groups excluding carboxylic acids is 2. The number of ether oxygens (including phenoxy) is 2. The Morgan fingerprint density at radius 3 is 2.54 bits per heavy atom. The summed E-state index contributed by atoms with van der Waals surface area (Å²) in [5, 5.41) is 2.60. The van der Waals surface area contributed by atoms with Crippen molar-refractivity contribution < 1.29 is 19.1 Å². The number of imide groups is 1. The van der Waals surface area contributed by atoms with Crippen LogP contribution in [0.15, 0.2) is 52.6 Å². The highest BCUT2D eigenvalue weighted by Gasteiger charge is 2.34. The molecule has 2 aromatic carbocycles. The summed E-state index contributed by atoms with van der Waals surface area (Å²) in [6.07, 6.45) is 1.61. The lowest BCUT2D eigenvalue weighted by Crippen LogP contribution is -2.30. The number of carbonyl (C=O) groups is 2. The van der Waals surface area contributed by atoms with Gasteiger partial charge in [0.1, 0.15) is 5.70 Å². The zero-order valence-electron chi connectivity index (χ0n) is 12.3. The zero-order chi connectivity index (χ0) is 16.7. The molecule has 0 spiro atoms. The molecule has 2 aromatic rings. The molecule has 2 heterocycles. The molecule has 1 saturated heterocycles. The lowest BCUT2D eigenvalue weighted by Gasteiger charge is -2.10. The summed E-state index contributed by atoms with van der Waals surface area (Å²) in [6, 6.07) is 11.8. The Morgan fingerprint density at radius 1 is 1.08 bits per heavy atom. The number of anilines is 1. The minimum Gasteiger partial charge on any atom is -0.454 e. The molecular weight excluding hydrogens is 376 g/mol. The summed E-state index contributed by atoms with van der Waals surface area (Å²) < 4.78 is 11.4. The molecule has 0 aromatic heterocycles. The van der Waals surface area contributed by atoms with E-state index in [-0.39, 0.29) is 12.5 Å². The number of hydrogen-bond donors (Lipinski definition) is 1. The van der Waals surface area contributed by atoms with Gasteiger partial charge in [-0.3, -0.25) is 4.79 Å². The summed E-state index contributed by atoms with van der Waals surface area (Å²) >= 11 is 3.43. The number of hydrogen-bond acceptors (Lipinski definition) is 4. The normalized spacial score (nSPS) is 17.5. The van der Waals surface area contributed by atoms with Crippen LogP contribution in [0.25, 0.3) is 6.08 Å². The molecule has 0 aliphatic carbocycles. The van der Waals surface area contributed by atoms with Crippen LogP contribution in [-0.2, 0) is 4.79 Å². The van der Waals surface area contributed by atoms with Crippen molar-refractivity contribution in [2.75, 3.05) is 11.7 Å². The molecule has 3 amide bonds. The average Bonchev–Trinajstić information content (AvgIpc) is 3.13. The molecule has 2 aliphatic heterocycles. The summed E-state index contributed by atoms with van der Waals surface area (Å²) in [4.78, 5) is 25.8. The maximum Gasteiger partial charge on any atom is 0.333 e. The minimum absolute atomic E-state index is 0.166. The topological polar surface area (TPSA) is 67.9 Å². The summed E-state index contributed by atoms with van der Waals surface area (Å²) in [5.41, 5.74) is 1.43. The quantitative estimate of drug-likeness (QED) is 0.635. The predicted octanol–water partition coefficient (Wildman–Crippen LogP) is 3.28. The first-order chi connectivity index (χ1) is 11.6. The number of nitrogens with one attached hydrogen (secondary N) is 1. The van der Waals surface area contributed by atoms with Crippen LogP contribution in [0.1, 0.15) is 5.56 Å². The summed E-state index contributed by atoms with van der Waals surface area (Å²) in [5.74, 6) is 0.828. The number of nitrogens with zero attached hydrogens (tertiary/aromatic N) is 1. The second kappa shape index (κ2) is 5.68. The molecule has 6 nitrogen and oxygen atoms in total. The Morgan fingerprint density at radius 2 is 1.79 bits per heavy atom. The van der Waals surface area contributed by atoms with Crippen molar-refractivity contribution in [2.24, 2.45) is 0 Å². The molecule has 0 unspecified atom stereocenters. The van der Waals surface area contributed by atoms with Gasteiger partial charge < -0.3 is 14.8 Å². The smallest absolute Gasteiger partial charge is 0.333 e. The standard InChI is InChI=1S/C17H11BrN2O4/c18-12-8-15-14(23-9-24-15)7-10(12)6-13-16(21)20(17(22)19-13)11-4-2-1-3-5-11/h1-8H,9H2,(H,19,22). The van der Waals surface area contributed by atoms with E-state index in [9.17, 15) is 9.59 Å². The molecule has 0 saturated carbocycles.